The molecule has 0 bridgehead atoms. The van der Waals surface area contributed by atoms with Crippen molar-refractivity contribution < 1.29 is 8.42 Å². The molecule has 2 aromatic rings. The van der Waals surface area contributed by atoms with Crippen LogP contribution in [-0.2, 0) is 10.0 Å². The van der Waals surface area contributed by atoms with Crippen LogP contribution in [0.4, 0.5) is 0 Å². The molecule has 1 aliphatic heterocycles. The molecule has 1 fully saturated rings. The molecule has 3 nitrogen and oxygen atoms in total. The van der Waals surface area contributed by atoms with E-state index in [1.807, 2.05) is 37.3 Å². The van der Waals surface area contributed by atoms with Gasteiger partial charge in [-0.1, -0.05) is 60.2 Å². The number of benzene rings is 2. The first-order chi connectivity index (χ1) is 11.6. The van der Waals surface area contributed by atoms with Crippen LogP contribution in [0.1, 0.15) is 24.0 Å². The summed E-state index contributed by atoms with van der Waals surface area (Å²) in [5.41, 5.74) is 2.26. The molecule has 0 radical (unpaired) electrons. The fourth-order valence-corrected chi connectivity index (χ4v) is 4.45. The zero-order valence-corrected chi connectivity index (χ0v) is 14.7. The molecule has 4 heteroatoms. The van der Waals surface area contributed by atoms with E-state index >= 15 is 0 Å². The summed E-state index contributed by atoms with van der Waals surface area (Å²) in [7, 11) is -3.36. The highest BCUT2D eigenvalue weighted by atomic mass is 32.2. The number of allylic oxidation sites excluding steroid dienone is 1. The quantitative estimate of drug-likeness (QED) is 0.839. The van der Waals surface area contributed by atoms with Gasteiger partial charge < -0.3 is 0 Å². The van der Waals surface area contributed by atoms with E-state index in [4.69, 9.17) is 0 Å². The second-order valence-electron chi connectivity index (χ2n) is 6.32. The molecule has 126 valence electrons. The third-order valence-electron chi connectivity index (χ3n) is 4.52. The van der Waals surface area contributed by atoms with Crippen molar-refractivity contribution >= 4 is 16.1 Å². The van der Waals surface area contributed by atoms with Gasteiger partial charge in [0, 0.05) is 13.1 Å². The Bertz CT molecular complexity index is 787. The number of sulfonamides is 1. The van der Waals surface area contributed by atoms with Crippen molar-refractivity contribution in [2.24, 2.45) is 5.92 Å². The molecule has 0 N–H and O–H groups in total. The predicted molar refractivity (Wildman–Crippen MR) is 98.1 cm³/mol. The lowest BCUT2D eigenvalue weighted by molar-refractivity contribution is 0.306. The normalized spacial score (nSPS) is 17.4. The summed E-state index contributed by atoms with van der Waals surface area (Å²) < 4.78 is 27.0. The van der Waals surface area contributed by atoms with Crippen LogP contribution in [0.3, 0.4) is 0 Å². The average molecular weight is 341 g/mol. The highest BCUT2D eigenvalue weighted by Crippen LogP contribution is 2.25. The van der Waals surface area contributed by atoms with Crippen molar-refractivity contribution in [1.29, 1.82) is 0 Å². The Morgan fingerprint density at radius 1 is 0.958 bits per heavy atom. The van der Waals surface area contributed by atoms with Gasteiger partial charge >= 0.3 is 0 Å². The molecular weight excluding hydrogens is 318 g/mol. The zero-order chi connectivity index (χ0) is 17.0. The van der Waals surface area contributed by atoms with Gasteiger partial charge in [-0.05, 0) is 43.4 Å². The lowest BCUT2D eigenvalue weighted by atomic mass is 9.97. The SMILES string of the molecule is Cc1ccc(S(=O)(=O)N2CCC(/C=C\c3ccccc3)CC2)cc1. The minimum atomic E-state index is -3.36. The van der Waals surface area contributed by atoms with Crippen molar-refractivity contribution in [3.63, 3.8) is 0 Å². The van der Waals surface area contributed by atoms with Gasteiger partial charge in [0.05, 0.1) is 4.90 Å². The third kappa shape index (κ3) is 3.94. The van der Waals surface area contributed by atoms with Crippen molar-refractivity contribution in [2.75, 3.05) is 13.1 Å². The van der Waals surface area contributed by atoms with Gasteiger partial charge in [0.15, 0.2) is 0 Å². The maximum Gasteiger partial charge on any atom is 0.243 e. The number of hydrogen-bond donors (Lipinski definition) is 0. The van der Waals surface area contributed by atoms with E-state index in [1.54, 1.807) is 16.4 Å². The van der Waals surface area contributed by atoms with Gasteiger partial charge in [0.1, 0.15) is 0 Å². The third-order valence-corrected chi connectivity index (χ3v) is 6.43. The molecule has 0 unspecified atom stereocenters. The highest BCUT2D eigenvalue weighted by Gasteiger charge is 2.28. The van der Waals surface area contributed by atoms with E-state index in [0.717, 1.165) is 18.4 Å². The summed E-state index contributed by atoms with van der Waals surface area (Å²) in [6, 6.07) is 17.3. The molecule has 0 aromatic heterocycles. The van der Waals surface area contributed by atoms with Crippen LogP contribution in [0.5, 0.6) is 0 Å². The number of nitrogens with zero attached hydrogens (tertiary/aromatic N) is 1. The van der Waals surface area contributed by atoms with Crippen LogP contribution in [0.15, 0.2) is 65.6 Å². The molecule has 3 rings (SSSR count). The predicted octanol–water partition coefficient (Wildman–Crippen LogP) is 4.11. The molecule has 1 aliphatic rings. The molecule has 0 spiro atoms. The monoisotopic (exact) mass is 341 g/mol. The fourth-order valence-electron chi connectivity index (χ4n) is 2.98. The van der Waals surface area contributed by atoms with Crippen molar-refractivity contribution in [3.05, 3.63) is 71.8 Å². The topological polar surface area (TPSA) is 37.4 Å². The number of aryl methyl sites for hydroxylation is 1. The van der Waals surface area contributed by atoms with Crippen LogP contribution in [0.25, 0.3) is 6.08 Å². The smallest absolute Gasteiger partial charge is 0.207 e. The molecular formula is C20H23NO2S. The maximum absolute atomic E-state index is 12.7. The van der Waals surface area contributed by atoms with Gasteiger partial charge in [0.25, 0.3) is 0 Å². The first kappa shape index (κ1) is 16.9. The first-order valence-corrected chi connectivity index (χ1v) is 9.80. The van der Waals surface area contributed by atoms with Crippen molar-refractivity contribution in [1.82, 2.24) is 4.31 Å². The highest BCUT2D eigenvalue weighted by molar-refractivity contribution is 7.89. The average Bonchev–Trinajstić information content (AvgIpc) is 2.61. The van der Waals surface area contributed by atoms with Crippen LogP contribution < -0.4 is 0 Å². The second-order valence-corrected chi connectivity index (χ2v) is 8.26. The summed E-state index contributed by atoms with van der Waals surface area (Å²) in [5, 5.41) is 0. The summed E-state index contributed by atoms with van der Waals surface area (Å²) >= 11 is 0. The van der Waals surface area contributed by atoms with Gasteiger partial charge in [-0.3, -0.25) is 0 Å². The van der Waals surface area contributed by atoms with E-state index < -0.39 is 10.0 Å². The molecule has 1 saturated heterocycles. The molecule has 0 saturated carbocycles. The first-order valence-electron chi connectivity index (χ1n) is 8.36. The standard InChI is InChI=1S/C20H23NO2S/c1-17-7-11-20(12-8-17)24(22,23)21-15-13-19(14-16-21)10-9-18-5-3-2-4-6-18/h2-12,19H,13-16H2,1H3/b10-9-. The Morgan fingerprint density at radius 3 is 2.21 bits per heavy atom. The van der Waals surface area contributed by atoms with Crippen LogP contribution in [0.2, 0.25) is 0 Å². The maximum atomic E-state index is 12.7. The molecule has 1 heterocycles. The van der Waals surface area contributed by atoms with Crippen LogP contribution in [0, 0.1) is 12.8 Å². The van der Waals surface area contributed by atoms with E-state index in [0.29, 0.717) is 23.9 Å². The molecule has 0 amide bonds. The van der Waals surface area contributed by atoms with Crippen LogP contribution in [-0.4, -0.2) is 25.8 Å². The fraction of sp³-hybridized carbons (Fsp3) is 0.300. The van der Waals surface area contributed by atoms with Crippen LogP contribution >= 0.6 is 0 Å². The lowest BCUT2D eigenvalue weighted by Gasteiger charge is -2.30. The van der Waals surface area contributed by atoms with Crippen molar-refractivity contribution in [3.8, 4) is 0 Å². The summed E-state index contributed by atoms with van der Waals surface area (Å²) in [6.45, 7) is 3.13. The van der Waals surface area contributed by atoms with Gasteiger partial charge in [-0.15, -0.1) is 0 Å². The Morgan fingerprint density at radius 2 is 1.58 bits per heavy atom. The Hall–Kier alpha value is -1.91. The minimum Gasteiger partial charge on any atom is -0.207 e. The minimum absolute atomic E-state index is 0.395. The van der Waals surface area contributed by atoms with Gasteiger partial charge in [0.2, 0.25) is 10.0 Å². The molecule has 2 aromatic carbocycles. The summed E-state index contributed by atoms with van der Waals surface area (Å²) in [4.78, 5) is 0.395. The Labute approximate surface area is 144 Å². The number of hydrogen-bond acceptors (Lipinski definition) is 2. The second kappa shape index (κ2) is 7.32. The van der Waals surface area contributed by atoms with E-state index in [9.17, 15) is 8.42 Å². The van der Waals surface area contributed by atoms with E-state index in [-0.39, 0.29) is 0 Å². The molecule has 0 aliphatic carbocycles. The summed E-state index contributed by atoms with van der Waals surface area (Å²) in [6.07, 6.45) is 6.09. The van der Waals surface area contributed by atoms with Gasteiger partial charge in [-0.2, -0.15) is 4.31 Å². The Kier molecular flexibility index (Phi) is 5.17. The van der Waals surface area contributed by atoms with E-state index in [1.165, 1.54) is 5.56 Å². The largest absolute Gasteiger partial charge is 0.243 e. The van der Waals surface area contributed by atoms with Crippen molar-refractivity contribution in [2.45, 2.75) is 24.7 Å². The zero-order valence-electron chi connectivity index (χ0n) is 13.9. The lowest BCUT2D eigenvalue weighted by Crippen LogP contribution is -2.38. The molecule has 24 heavy (non-hydrogen) atoms. The number of piperidine rings is 1. The number of rotatable bonds is 4. The molecule has 0 atom stereocenters. The Balaban J connectivity index is 1.62. The van der Waals surface area contributed by atoms with E-state index in [2.05, 4.69) is 24.3 Å². The summed E-state index contributed by atoms with van der Waals surface area (Å²) in [5.74, 6) is 0.440. The van der Waals surface area contributed by atoms with Gasteiger partial charge in [-0.25, -0.2) is 8.42 Å².